The fourth-order valence-corrected chi connectivity index (χ4v) is 4.16. The summed E-state index contributed by atoms with van der Waals surface area (Å²) in [5, 5.41) is 3.13. The number of nitrogens with one attached hydrogen (secondary N) is 1. The Bertz CT molecular complexity index is 945. The molecule has 0 radical (unpaired) electrons. The van der Waals surface area contributed by atoms with Crippen molar-refractivity contribution >= 4 is 5.91 Å². The van der Waals surface area contributed by atoms with Crippen molar-refractivity contribution in [2.24, 2.45) is 0 Å². The Labute approximate surface area is 170 Å². The van der Waals surface area contributed by atoms with E-state index in [1.54, 1.807) is 18.3 Å². The molecule has 1 saturated carbocycles. The maximum absolute atomic E-state index is 13.0. The van der Waals surface area contributed by atoms with E-state index in [2.05, 4.69) is 34.6 Å². The lowest BCUT2D eigenvalue weighted by molar-refractivity contribution is -0.121. The van der Waals surface area contributed by atoms with E-state index in [1.807, 2.05) is 6.07 Å². The van der Waals surface area contributed by atoms with Gasteiger partial charge >= 0.3 is 0 Å². The minimum absolute atomic E-state index is 0.00809. The van der Waals surface area contributed by atoms with Gasteiger partial charge < -0.3 is 9.73 Å². The third-order valence-electron chi connectivity index (χ3n) is 5.82. The van der Waals surface area contributed by atoms with Crippen LogP contribution in [0.25, 0.3) is 11.3 Å². The Morgan fingerprint density at radius 2 is 1.79 bits per heavy atom. The molecule has 1 aromatic heterocycles. The van der Waals surface area contributed by atoms with Crippen LogP contribution in [0.3, 0.4) is 0 Å². The summed E-state index contributed by atoms with van der Waals surface area (Å²) in [5.41, 5.74) is 2.13. The highest BCUT2D eigenvalue weighted by molar-refractivity contribution is 5.76. The average Bonchev–Trinajstić information content (AvgIpc) is 3.43. The number of aryl methyl sites for hydroxylation is 1. The van der Waals surface area contributed by atoms with Crippen LogP contribution in [-0.2, 0) is 16.6 Å². The molecule has 0 atom stereocenters. The van der Waals surface area contributed by atoms with Gasteiger partial charge in [-0.2, -0.15) is 0 Å². The van der Waals surface area contributed by atoms with E-state index in [0.29, 0.717) is 31.0 Å². The molecule has 1 N–H and O–H groups in total. The number of aromatic nitrogens is 1. The lowest BCUT2D eigenvalue weighted by Gasteiger charge is -2.30. The summed E-state index contributed by atoms with van der Waals surface area (Å²) in [6, 6.07) is 16.6. The molecular formula is C24H25FN2O2. The van der Waals surface area contributed by atoms with Gasteiger partial charge in [0.05, 0.1) is 6.20 Å². The predicted octanol–water partition coefficient (Wildman–Crippen LogP) is 5.04. The molecule has 150 valence electrons. The molecule has 1 aliphatic rings. The van der Waals surface area contributed by atoms with E-state index < -0.39 is 0 Å². The third-order valence-corrected chi connectivity index (χ3v) is 5.82. The van der Waals surface area contributed by atoms with Crippen molar-refractivity contribution in [1.82, 2.24) is 10.3 Å². The van der Waals surface area contributed by atoms with E-state index in [0.717, 1.165) is 18.4 Å². The summed E-state index contributed by atoms with van der Waals surface area (Å²) in [5.74, 6) is 0.807. The van der Waals surface area contributed by atoms with E-state index >= 15 is 0 Å². The topological polar surface area (TPSA) is 55.1 Å². The molecule has 0 unspecified atom stereocenters. The van der Waals surface area contributed by atoms with Crippen LogP contribution in [-0.4, -0.2) is 17.4 Å². The molecule has 1 amide bonds. The monoisotopic (exact) mass is 392 g/mol. The van der Waals surface area contributed by atoms with Gasteiger partial charge in [-0.3, -0.25) is 4.79 Å². The molecule has 0 aliphatic heterocycles. The zero-order valence-electron chi connectivity index (χ0n) is 16.4. The van der Waals surface area contributed by atoms with Crippen LogP contribution in [0, 0.1) is 5.82 Å². The van der Waals surface area contributed by atoms with Crippen LogP contribution in [0.15, 0.2) is 65.2 Å². The van der Waals surface area contributed by atoms with Crippen molar-refractivity contribution < 1.29 is 13.6 Å². The van der Waals surface area contributed by atoms with Crippen LogP contribution in [0.1, 0.15) is 43.6 Å². The number of rotatable bonds is 7. The van der Waals surface area contributed by atoms with Crippen molar-refractivity contribution in [3.63, 3.8) is 0 Å². The molecule has 3 aromatic rings. The van der Waals surface area contributed by atoms with Crippen molar-refractivity contribution in [2.45, 2.75) is 43.9 Å². The molecule has 1 fully saturated rings. The number of nitrogens with zero attached hydrogens (tertiary/aromatic N) is 1. The van der Waals surface area contributed by atoms with E-state index in [1.165, 1.54) is 30.5 Å². The summed E-state index contributed by atoms with van der Waals surface area (Å²) < 4.78 is 18.8. The van der Waals surface area contributed by atoms with Gasteiger partial charge in [-0.1, -0.05) is 43.2 Å². The summed E-state index contributed by atoms with van der Waals surface area (Å²) in [4.78, 5) is 16.7. The van der Waals surface area contributed by atoms with Crippen LogP contribution in [0.4, 0.5) is 4.39 Å². The number of halogens is 1. The summed E-state index contributed by atoms with van der Waals surface area (Å²) in [6.07, 6.45) is 7.00. The van der Waals surface area contributed by atoms with Gasteiger partial charge in [0, 0.05) is 30.4 Å². The number of benzene rings is 2. The first kappa shape index (κ1) is 19.4. The molecule has 4 rings (SSSR count). The Morgan fingerprint density at radius 1 is 1.07 bits per heavy atom. The maximum atomic E-state index is 13.0. The Morgan fingerprint density at radius 3 is 2.52 bits per heavy atom. The van der Waals surface area contributed by atoms with Crippen molar-refractivity contribution in [1.29, 1.82) is 0 Å². The number of oxazole rings is 1. The second-order valence-electron chi connectivity index (χ2n) is 7.76. The van der Waals surface area contributed by atoms with Crippen molar-refractivity contribution in [3.05, 3.63) is 78.1 Å². The van der Waals surface area contributed by atoms with Gasteiger partial charge in [-0.25, -0.2) is 9.37 Å². The van der Waals surface area contributed by atoms with Gasteiger partial charge in [0.15, 0.2) is 11.7 Å². The highest BCUT2D eigenvalue weighted by Gasteiger charge is 2.35. The molecule has 0 spiro atoms. The summed E-state index contributed by atoms with van der Waals surface area (Å²) >= 11 is 0. The first-order valence-corrected chi connectivity index (χ1v) is 10.2. The molecule has 5 heteroatoms. The van der Waals surface area contributed by atoms with E-state index in [-0.39, 0.29) is 17.1 Å². The van der Waals surface area contributed by atoms with Crippen LogP contribution in [0.5, 0.6) is 0 Å². The highest BCUT2D eigenvalue weighted by atomic mass is 19.1. The number of carbonyl (C=O) groups is 1. The fraction of sp³-hybridized carbons (Fsp3) is 0.333. The average molecular weight is 392 g/mol. The molecule has 0 saturated heterocycles. The number of hydrogen-bond acceptors (Lipinski definition) is 3. The first-order valence-electron chi connectivity index (χ1n) is 10.2. The van der Waals surface area contributed by atoms with Gasteiger partial charge in [-0.05, 0) is 42.7 Å². The molecule has 1 heterocycles. The molecular weight excluding hydrogens is 367 g/mol. The fourth-order valence-electron chi connectivity index (χ4n) is 4.16. The minimum Gasteiger partial charge on any atom is -0.441 e. The molecule has 29 heavy (non-hydrogen) atoms. The highest BCUT2D eigenvalue weighted by Crippen LogP contribution is 2.40. The summed E-state index contributed by atoms with van der Waals surface area (Å²) in [7, 11) is 0. The zero-order chi connectivity index (χ0) is 20.1. The maximum Gasteiger partial charge on any atom is 0.220 e. The van der Waals surface area contributed by atoms with E-state index in [9.17, 15) is 9.18 Å². The van der Waals surface area contributed by atoms with Gasteiger partial charge in [0.2, 0.25) is 5.91 Å². The van der Waals surface area contributed by atoms with Crippen LogP contribution in [0.2, 0.25) is 0 Å². The largest absolute Gasteiger partial charge is 0.441 e. The SMILES string of the molecule is O=C(CCc1ncc(-c2ccc(F)cc2)o1)NCC1(c2ccccc2)CCCC1. The normalized spacial score (nSPS) is 15.3. The van der Waals surface area contributed by atoms with E-state index in [4.69, 9.17) is 4.42 Å². The Kier molecular flexibility index (Phi) is 5.74. The van der Waals surface area contributed by atoms with Crippen molar-refractivity contribution in [3.8, 4) is 11.3 Å². The molecule has 2 aromatic carbocycles. The van der Waals surface area contributed by atoms with Crippen molar-refractivity contribution in [2.75, 3.05) is 6.54 Å². The first-order chi connectivity index (χ1) is 14.1. The molecule has 4 nitrogen and oxygen atoms in total. The van der Waals surface area contributed by atoms with Gasteiger partial charge in [0.25, 0.3) is 0 Å². The Hall–Kier alpha value is -2.95. The summed E-state index contributed by atoms with van der Waals surface area (Å²) in [6.45, 7) is 0.669. The van der Waals surface area contributed by atoms with Crippen LogP contribution >= 0.6 is 0 Å². The lowest BCUT2D eigenvalue weighted by atomic mass is 9.79. The predicted molar refractivity (Wildman–Crippen MR) is 110 cm³/mol. The standard InChI is InChI=1S/C24H25FN2O2/c25-20-10-8-18(9-11-20)21-16-26-23(29-21)13-12-22(28)27-17-24(14-4-5-15-24)19-6-2-1-3-7-19/h1-3,6-11,16H,4-5,12-15,17H2,(H,27,28). The second kappa shape index (κ2) is 8.60. The van der Waals surface area contributed by atoms with Gasteiger partial charge in [-0.15, -0.1) is 0 Å². The lowest BCUT2D eigenvalue weighted by Crippen LogP contribution is -2.39. The molecule has 0 bridgehead atoms. The number of carbonyl (C=O) groups excluding carboxylic acids is 1. The number of amides is 1. The van der Waals surface area contributed by atoms with Crippen LogP contribution < -0.4 is 5.32 Å². The Balaban J connectivity index is 1.32. The third kappa shape index (κ3) is 4.56. The zero-order valence-corrected chi connectivity index (χ0v) is 16.4. The second-order valence-corrected chi connectivity index (χ2v) is 7.76. The minimum atomic E-state index is -0.291. The van der Waals surface area contributed by atoms with Gasteiger partial charge in [0.1, 0.15) is 5.82 Å². The quantitative estimate of drug-likeness (QED) is 0.613. The molecule has 1 aliphatic carbocycles. The smallest absolute Gasteiger partial charge is 0.220 e. The number of hydrogen-bond donors (Lipinski definition) is 1.